The molecular formula is C26H24Cl2N4O5. The van der Waals surface area contributed by atoms with Gasteiger partial charge in [-0.15, -0.1) is 0 Å². The third kappa shape index (κ3) is 6.62. The van der Waals surface area contributed by atoms with Gasteiger partial charge in [0.25, 0.3) is 5.91 Å². The largest absolute Gasteiger partial charge is 0.481 e. The van der Waals surface area contributed by atoms with Gasteiger partial charge in [0.05, 0.1) is 43.3 Å². The Bertz CT molecular complexity index is 1300. The van der Waals surface area contributed by atoms with Crippen molar-refractivity contribution in [1.29, 1.82) is 0 Å². The fourth-order valence-electron chi connectivity index (χ4n) is 3.78. The lowest BCUT2D eigenvalue weighted by Crippen LogP contribution is -2.40. The second-order valence-electron chi connectivity index (χ2n) is 8.20. The number of hydrogen-bond acceptors (Lipinski definition) is 7. The van der Waals surface area contributed by atoms with E-state index >= 15 is 0 Å². The van der Waals surface area contributed by atoms with Crippen molar-refractivity contribution in [3.8, 4) is 5.88 Å². The predicted octanol–water partition coefficient (Wildman–Crippen LogP) is 4.07. The Morgan fingerprint density at radius 2 is 1.76 bits per heavy atom. The van der Waals surface area contributed by atoms with Crippen LogP contribution in [-0.4, -0.2) is 65.9 Å². The molecule has 1 aliphatic rings. The first-order chi connectivity index (χ1) is 17.9. The SMILES string of the molecule is COc1ccnc(C(=O)CC(=O)N(Cc2ccc(Cl)c(Cl)c2)c2ccc(C(=O)N3CCOCC3)cc2)n1. The van der Waals surface area contributed by atoms with E-state index in [4.69, 9.17) is 32.7 Å². The van der Waals surface area contributed by atoms with Crippen molar-refractivity contribution >= 4 is 46.5 Å². The Morgan fingerprint density at radius 1 is 1.03 bits per heavy atom. The van der Waals surface area contributed by atoms with Crippen molar-refractivity contribution in [2.45, 2.75) is 13.0 Å². The van der Waals surface area contributed by atoms with Crippen LogP contribution < -0.4 is 9.64 Å². The third-order valence-electron chi connectivity index (χ3n) is 5.75. The van der Waals surface area contributed by atoms with Gasteiger partial charge in [-0.2, -0.15) is 4.98 Å². The maximum atomic E-state index is 13.4. The zero-order valence-electron chi connectivity index (χ0n) is 20.0. The number of ether oxygens (including phenoxy) is 2. The summed E-state index contributed by atoms with van der Waals surface area (Å²) >= 11 is 12.2. The lowest BCUT2D eigenvalue weighted by Gasteiger charge is -2.27. The van der Waals surface area contributed by atoms with E-state index in [1.54, 1.807) is 47.4 Å². The van der Waals surface area contributed by atoms with Gasteiger partial charge in [-0.1, -0.05) is 29.3 Å². The summed E-state index contributed by atoms with van der Waals surface area (Å²) in [5.41, 5.74) is 1.71. The van der Waals surface area contributed by atoms with Crippen LogP contribution in [-0.2, 0) is 16.1 Å². The monoisotopic (exact) mass is 542 g/mol. The van der Waals surface area contributed by atoms with E-state index in [0.717, 1.165) is 0 Å². The topological polar surface area (TPSA) is 102 Å². The summed E-state index contributed by atoms with van der Waals surface area (Å²) in [6.07, 6.45) is 0.921. The molecule has 1 saturated heterocycles. The summed E-state index contributed by atoms with van der Waals surface area (Å²) in [7, 11) is 1.42. The Balaban J connectivity index is 1.58. The second kappa shape index (κ2) is 12.1. The van der Waals surface area contributed by atoms with Crippen LogP contribution in [0.2, 0.25) is 10.0 Å². The molecule has 1 aliphatic heterocycles. The Morgan fingerprint density at radius 3 is 2.43 bits per heavy atom. The molecule has 0 spiro atoms. The molecule has 3 aromatic rings. The number of anilines is 1. The van der Waals surface area contributed by atoms with Crippen molar-refractivity contribution in [2.24, 2.45) is 0 Å². The Hall–Kier alpha value is -3.53. The minimum atomic E-state index is -0.554. The quantitative estimate of drug-likeness (QED) is 0.312. The summed E-state index contributed by atoms with van der Waals surface area (Å²) in [5.74, 6) is -1.04. The first-order valence-corrected chi connectivity index (χ1v) is 12.2. The number of nitrogens with zero attached hydrogens (tertiary/aromatic N) is 4. The first kappa shape index (κ1) is 26.5. The number of methoxy groups -OCH3 is 1. The lowest BCUT2D eigenvalue weighted by atomic mass is 10.1. The maximum absolute atomic E-state index is 13.4. The van der Waals surface area contributed by atoms with Crippen molar-refractivity contribution in [3.05, 3.63) is 81.7 Å². The molecule has 0 bridgehead atoms. The zero-order valence-corrected chi connectivity index (χ0v) is 21.5. The Kier molecular flexibility index (Phi) is 8.70. The molecule has 0 atom stereocenters. The van der Waals surface area contributed by atoms with Crippen LogP contribution in [0, 0.1) is 0 Å². The molecule has 1 aromatic heterocycles. The molecule has 2 heterocycles. The highest BCUT2D eigenvalue weighted by Gasteiger charge is 2.24. The van der Waals surface area contributed by atoms with Crippen LogP contribution in [0.1, 0.15) is 33.0 Å². The number of aromatic nitrogens is 2. The smallest absolute Gasteiger partial charge is 0.254 e. The molecule has 0 radical (unpaired) electrons. The fourth-order valence-corrected chi connectivity index (χ4v) is 4.10. The van der Waals surface area contributed by atoms with Crippen LogP contribution in [0.5, 0.6) is 5.88 Å². The van der Waals surface area contributed by atoms with Crippen LogP contribution in [0.25, 0.3) is 0 Å². The van der Waals surface area contributed by atoms with Crippen molar-refractivity contribution in [2.75, 3.05) is 38.3 Å². The molecule has 11 heteroatoms. The molecule has 9 nitrogen and oxygen atoms in total. The molecule has 2 amide bonds. The number of carbonyl (C=O) groups excluding carboxylic acids is 3. The summed E-state index contributed by atoms with van der Waals surface area (Å²) in [5, 5.41) is 0.735. The van der Waals surface area contributed by atoms with Gasteiger partial charge in [-0.25, -0.2) is 4.98 Å². The summed E-state index contributed by atoms with van der Waals surface area (Å²) < 4.78 is 10.4. The van der Waals surface area contributed by atoms with E-state index in [2.05, 4.69) is 9.97 Å². The van der Waals surface area contributed by atoms with E-state index in [-0.39, 0.29) is 24.2 Å². The number of hydrogen-bond donors (Lipinski definition) is 0. The van der Waals surface area contributed by atoms with E-state index in [9.17, 15) is 14.4 Å². The number of benzene rings is 2. The van der Waals surface area contributed by atoms with Gasteiger partial charge in [0.2, 0.25) is 17.6 Å². The van der Waals surface area contributed by atoms with Crippen LogP contribution in [0.3, 0.4) is 0 Å². The number of amides is 2. The lowest BCUT2D eigenvalue weighted by molar-refractivity contribution is -0.117. The Labute approximate surface area is 223 Å². The summed E-state index contributed by atoms with van der Waals surface area (Å²) in [6, 6.07) is 13.2. The van der Waals surface area contributed by atoms with E-state index < -0.39 is 18.1 Å². The molecule has 0 unspecified atom stereocenters. The molecular weight excluding hydrogens is 519 g/mol. The van der Waals surface area contributed by atoms with Crippen LogP contribution in [0.15, 0.2) is 54.7 Å². The number of ketones is 1. The molecule has 37 heavy (non-hydrogen) atoms. The molecule has 0 saturated carbocycles. The minimum absolute atomic E-state index is 0.109. The van der Waals surface area contributed by atoms with E-state index in [1.165, 1.54) is 24.3 Å². The predicted molar refractivity (Wildman–Crippen MR) is 138 cm³/mol. The maximum Gasteiger partial charge on any atom is 0.254 e. The fraction of sp³-hybridized carbons (Fsp3) is 0.269. The van der Waals surface area contributed by atoms with Gasteiger partial charge >= 0.3 is 0 Å². The van der Waals surface area contributed by atoms with Gasteiger partial charge < -0.3 is 19.3 Å². The highest BCUT2D eigenvalue weighted by Crippen LogP contribution is 2.26. The normalized spacial score (nSPS) is 13.2. The number of rotatable bonds is 8. The van der Waals surface area contributed by atoms with Crippen LogP contribution >= 0.6 is 23.2 Å². The summed E-state index contributed by atoms with van der Waals surface area (Å²) in [4.78, 5) is 50.1. The average Bonchev–Trinajstić information content (AvgIpc) is 2.93. The molecule has 4 rings (SSSR count). The molecule has 0 N–H and O–H groups in total. The number of halogens is 2. The van der Waals surface area contributed by atoms with E-state index in [0.29, 0.717) is 53.2 Å². The number of morpholine rings is 1. The third-order valence-corrected chi connectivity index (χ3v) is 6.49. The van der Waals surface area contributed by atoms with Crippen molar-refractivity contribution < 1.29 is 23.9 Å². The second-order valence-corrected chi connectivity index (χ2v) is 9.02. The molecule has 192 valence electrons. The minimum Gasteiger partial charge on any atom is -0.481 e. The number of carbonyl (C=O) groups is 3. The van der Waals surface area contributed by atoms with Gasteiger partial charge in [-0.05, 0) is 42.0 Å². The number of Topliss-reactive ketones (excluding diaryl/α,β-unsaturated/α-hetero) is 1. The van der Waals surface area contributed by atoms with Gasteiger partial charge in [0, 0.05) is 36.6 Å². The average molecular weight is 543 g/mol. The van der Waals surface area contributed by atoms with Crippen molar-refractivity contribution in [3.63, 3.8) is 0 Å². The zero-order chi connectivity index (χ0) is 26.4. The molecule has 1 fully saturated rings. The highest BCUT2D eigenvalue weighted by molar-refractivity contribution is 6.42. The van der Waals surface area contributed by atoms with Gasteiger partial charge in [0.1, 0.15) is 0 Å². The van der Waals surface area contributed by atoms with Crippen LogP contribution in [0.4, 0.5) is 5.69 Å². The van der Waals surface area contributed by atoms with Gasteiger partial charge in [0.15, 0.2) is 5.82 Å². The molecule has 2 aromatic carbocycles. The summed E-state index contributed by atoms with van der Waals surface area (Å²) in [6.45, 7) is 2.17. The molecule has 0 aliphatic carbocycles. The van der Waals surface area contributed by atoms with E-state index in [1.807, 2.05) is 0 Å². The van der Waals surface area contributed by atoms with Gasteiger partial charge in [-0.3, -0.25) is 14.4 Å². The standard InChI is InChI=1S/C26H24Cl2N4O5/c1-36-23-8-9-29-25(30-23)22(33)15-24(34)32(16-17-2-7-20(27)21(28)14-17)19-5-3-18(4-6-19)26(35)31-10-12-37-13-11-31/h2-9,14H,10-13,15-16H2,1H3. The first-order valence-electron chi connectivity index (χ1n) is 11.5. The highest BCUT2D eigenvalue weighted by atomic mass is 35.5. The van der Waals surface area contributed by atoms with Crippen molar-refractivity contribution in [1.82, 2.24) is 14.9 Å².